The summed E-state index contributed by atoms with van der Waals surface area (Å²) in [6.07, 6.45) is 1.76. The SMILES string of the molecule is Cn1nccc1-c1nnc(SCCCN2CC3CCN(c4c(F)cccc4F)C3C2)n1C.Cn1nccc1-c1nnc(SCCCN2CC3CCN(c4ccccc4C(F)(F)F)C3C2)n1C.Cn1nccc1-c1nnc(SCCCN2C[C@@H]3CCN(c4ccccc4C(F)(F)F)[C@@H]3C2)n1C.Cn1nccc1-c1nnc(SCCCN2C[C@H]3CCN(c4ccccc4C(F)(F)F)[C@H]3C2)n1C. The Morgan fingerprint density at radius 3 is 0.791 bits per heavy atom. The van der Waals surface area contributed by atoms with Gasteiger partial charge in [0.15, 0.2) is 43.9 Å². The smallest absolute Gasteiger partial charge is 0.366 e. The van der Waals surface area contributed by atoms with Gasteiger partial charge in [0.1, 0.15) is 40.1 Å². The van der Waals surface area contributed by atoms with Gasteiger partial charge in [-0.1, -0.05) is 89.5 Å². The first kappa shape index (κ1) is 95.7. The Kier molecular flexibility index (Phi) is 29.6. The van der Waals surface area contributed by atoms with Crippen LogP contribution in [0.3, 0.4) is 0 Å². The van der Waals surface area contributed by atoms with Gasteiger partial charge in [0.25, 0.3) is 0 Å². The Morgan fingerprint density at radius 2 is 0.545 bits per heavy atom. The van der Waals surface area contributed by atoms with E-state index in [4.69, 9.17) is 0 Å². The second-order valence-electron chi connectivity index (χ2n) is 35.5. The minimum Gasteiger partial charge on any atom is -0.366 e. The van der Waals surface area contributed by atoms with Crippen LogP contribution in [0, 0.1) is 35.3 Å². The van der Waals surface area contributed by atoms with Crippen LogP contribution in [0.2, 0.25) is 0 Å². The minimum atomic E-state index is -4.33. The first-order valence-corrected chi connectivity index (χ1v) is 49.4. The number of thioether (sulfide) groups is 4. The van der Waals surface area contributed by atoms with Crippen molar-refractivity contribution in [1.82, 2.24) is 118 Å². The first-order chi connectivity index (χ1) is 64.5. The molecule has 20 rings (SSSR count). The molecule has 12 aromatic rings. The van der Waals surface area contributed by atoms with E-state index >= 15 is 0 Å². The number of halogens is 11. The molecule has 0 bridgehead atoms. The second-order valence-corrected chi connectivity index (χ2v) is 39.8. The van der Waals surface area contributed by atoms with Crippen molar-refractivity contribution in [1.29, 1.82) is 0 Å². The van der Waals surface area contributed by atoms with Crippen LogP contribution in [0.1, 0.15) is 68.1 Å². The molecule has 16 heterocycles. The molecule has 8 aromatic heterocycles. The fraction of sp³-hybridized carbons (Fsp3) is 0.516. The third-order valence-corrected chi connectivity index (χ3v) is 31.6. The maximum absolute atomic E-state index is 14.3. The lowest BCUT2D eigenvalue weighted by atomic mass is 10.0. The number of alkyl halides is 9. The van der Waals surface area contributed by atoms with Crippen LogP contribution in [0.25, 0.3) is 46.1 Å². The molecule has 0 N–H and O–H groups in total. The van der Waals surface area contributed by atoms with E-state index in [0.717, 1.165) is 226 Å². The fourth-order valence-corrected chi connectivity index (χ4v) is 23.9. The lowest BCUT2D eigenvalue weighted by Crippen LogP contribution is -2.36. The fourth-order valence-electron chi connectivity index (χ4n) is 20.6. The molecule has 0 saturated carbocycles. The van der Waals surface area contributed by atoms with E-state index in [1.54, 1.807) is 127 Å². The number of nitrogens with zero attached hydrogens (tertiary/aromatic N) is 28. The molecule has 0 radical (unpaired) electrons. The van der Waals surface area contributed by atoms with Gasteiger partial charge in [-0.3, -0.25) is 18.7 Å². The van der Waals surface area contributed by atoms with Gasteiger partial charge in [0.2, 0.25) is 0 Å². The second kappa shape index (κ2) is 41.5. The normalized spacial score (nSPS) is 20.9. The first-order valence-electron chi connectivity index (χ1n) is 45.4. The van der Waals surface area contributed by atoms with Crippen molar-refractivity contribution >= 4 is 69.8 Å². The average molecular weight is 1930 g/mol. The lowest BCUT2D eigenvalue weighted by Gasteiger charge is -2.29. The monoisotopic (exact) mass is 1930 g/mol. The number of benzene rings is 4. The summed E-state index contributed by atoms with van der Waals surface area (Å²) in [5, 5.41) is 54.8. The molecule has 8 atom stereocenters. The summed E-state index contributed by atoms with van der Waals surface area (Å²) in [4.78, 5) is 17.5. The molecule has 8 aliphatic rings. The highest BCUT2D eigenvalue weighted by Crippen LogP contribution is 2.47. The van der Waals surface area contributed by atoms with Gasteiger partial charge >= 0.3 is 18.5 Å². The summed E-state index contributed by atoms with van der Waals surface area (Å²) in [7, 11) is 15.4. The third kappa shape index (κ3) is 21.1. The Labute approximate surface area is 787 Å². The summed E-state index contributed by atoms with van der Waals surface area (Å²) >= 11 is 6.73. The highest BCUT2D eigenvalue weighted by atomic mass is 32.2. The van der Waals surface area contributed by atoms with E-state index in [0.29, 0.717) is 60.4 Å². The standard InChI is InChI=1S/3C23H28F3N7S.C22H27F2N7S/c3*1-30-21(19-8-10-27-31(19)2)28-29-22(30)34-13-5-11-32-14-16-9-12-33(20(16)15-32)18-7-4-3-6-17(18)23(24,25)26;1-28-21(18-7-9-25-29(18)2)26-27-22(28)32-12-4-10-30-13-15-8-11-31(19(15)14-30)20-16(23)5-3-6-17(20)24/h3*3-4,6-8,10,16,20H,5,9,11-15H2,1-2H3;3,5-7,9,15,19H,4,8,10-14H2,1-2H3/t2*16-,20+;;/m10../s1. The predicted octanol–water partition coefficient (Wildman–Crippen LogP) is 15.0. The quantitative estimate of drug-likeness (QED) is 0.0253. The van der Waals surface area contributed by atoms with Gasteiger partial charge in [0, 0.05) is 224 Å². The van der Waals surface area contributed by atoms with Crippen LogP contribution in [0.4, 0.5) is 71.0 Å². The molecule has 8 aliphatic heterocycles. The van der Waals surface area contributed by atoms with Crippen LogP contribution in [0.15, 0.2) is 161 Å². The number of hydrogen-bond acceptors (Lipinski definition) is 24. The molecule has 134 heavy (non-hydrogen) atoms. The van der Waals surface area contributed by atoms with Crippen molar-refractivity contribution in [2.24, 2.45) is 80.1 Å². The Balaban J connectivity index is 0.000000124. The minimum absolute atomic E-state index is 0.143. The number of likely N-dealkylation sites (tertiary alicyclic amines) is 4. The number of rotatable bonds is 28. The third-order valence-electron chi connectivity index (χ3n) is 27.2. The van der Waals surface area contributed by atoms with Crippen molar-refractivity contribution in [3.05, 3.63) is 168 Å². The van der Waals surface area contributed by atoms with E-state index in [2.05, 4.69) is 80.8 Å². The Bertz CT molecular complexity index is 5490. The lowest BCUT2D eigenvalue weighted by molar-refractivity contribution is -0.138. The summed E-state index contributed by atoms with van der Waals surface area (Å²) in [6.45, 7) is 13.7. The molecule has 43 heteroatoms. The molecular formula is C91H111F11N28S4. The van der Waals surface area contributed by atoms with Crippen LogP contribution in [-0.4, -0.2) is 270 Å². The Morgan fingerprint density at radius 1 is 0.299 bits per heavy atom. The van der Waals surface area contributed by atoms with Gasteiger partial charge < -0.3 is 57.5 Å². The molecule has 28 nitrogen and oxygen atoms in total. The number of aromatic nitrogens is 20. The maximum atomic E-state index is 14.3. The van der Waals surface area contributed by atoms with E-state index in [-0.39, 0.29) is 29.9 Å². The molecule has 8 saturated heterocycles. The van der Waals surface area contributed by atoms with E-state index in [1.807, 2.05) is 119 Å². The predicted molar refractivity (Wildman–Crippen MR) is 498 cm³/mol. The number of anilines is 4. The van der Waals surface area contributed by atoms with Crippen molar-refractivity contribution in [2.75, 3.05) is 147 Å². The number of aryl methyl sites for hydroxylation is 4. The maximum Gasteiger partial charge on any atom is 0.418 e. The molecule has 0 aliphatic carbocycles. The zero-order valence-electron chi connectivity index (χ0n) is 76.0. The molecule has 4 unspecified atom stereocenters. The van der Waals surface area contributed by atoms with Gasteiger partial charge in [-0.15, -0.1) is 40.8 Å². The average Bonchev–Trinajstić information content (AvgIpc) is 1.62. The molecular weight excluding hydrogens is 1820 g/mol. The van der Waals surface area contributed by atoms with Crippen LogP contribution in [0.5, 0.6) is 0 Å². The van der Waals surface area contributed by atoms with E-state index in [9.17, 15) is 48.3 Å². The highest BCUT2D eigenvalue weighted by Gasteiger charge is 2.49. The van der Waals surface area contributed by atoms with Gasteiger partial charge in [-0.25, -0.2) is 8.78 Å². The summed E-state index contributed by atoms with van der Waals surface area (Å²) in [6, 6.07) is 30.4. The molecule has 4 aromatic carbocycles. The zero-order chi connectivity index (χ0) is 93.9. The number of fused-ring (bicyclic) bond motifs is 4. The summed E-state index contributed by atoms with van der Waals surface area (Å²) in [5.74, 6) is 7.65. The highest BCUT2D eigenvalue weighted by molar-refractivity contribution is 7.99. The van der Waals surface area contributed by atoms with Crippen molar-refractivity contribution < 1.29 is 48.3 Å². The molecule has 0 amide bonds. The van der Waals surface area contributed by atoms with Crippen molar-refractivity contribution in [3.63, 3.8) is 0 Å². The zero-order valence-corrected chi connectivity index (χ0v) is 79.3. The van der Waals surface area contributed by atoms with Crippen LogP contribution in [-0.2, 0) is 74.9 Å². The summed E-state index contributed by atoms with van der Waals surface area (Å²) < 4.78 is 166. The Hall–Kier alpha value is -10.1. The largest absolute Gasteiger partial charge is 0.418 e. The number of hydrogen-bond donors (Lipinski definition) is 0. The molecule has 8 fully saturated rings. The van der Waals surface area contributed by atoms with Crippen LogP contribution < -0.4 is 19.6 Å². The van der Waals surface area contributed by atoms with E-state index in [1.165, 1.54) is 54.6 Å². The van der Waals surface area contributed by atoms with Gasteiger partial charge in [-0.2, -0.15) is 59.9 Å². The van der Waals surface area contributed by atoms with Crippen LogP contribution >= 0.6 is 47.0 Å². The van der Waals surface area contributed by atoms with Crippen molar-refractivity contribution in [3.8, 4) is 46.1 Å². The van der Waals surface area contributed by atoms with Gasteiger partial charge in [-0.05, 0) is 174 Å². The van der Waals surface area contributed by atoms with Gasteiger partial charge in [0.05, 0.1) is 16.7 Å². The molecule has 0 spiro atoms. The number of para-hydroxylation sites is 4. The van der Waals surface area contributed by atoms with E-state index < -0.39 is 46.9 Å². The molecule has 716 valence electrons. The summed E-state index contributed by atoms with van der Waals surface area (Å²) in [5.41, 5.74) is 3.23. The van der Waals surface area contributed by atoms with Crippen molar-refractivity contribution in [2.45, 2.75) is 115 Å². The topological polar surface area (TPSA) is 220 Å².